The molecule has 3 rings (SSSR count). The molecular weight excluding hydrogens is 407 g/mol. The van der Waals surface area contributed by atoms with Crippen molar-refractivity contribution in [3.63, 3.8) is 0 Å². The van der Waals surface area contributed by atoms with E-state index in [0.29, 0.717) is 21.5 Å². The molecule has 2 atom stereocenters. The van der Waals surface area contributed by atoms with Gasteiger partial charge in [-0.15, -0.1) is 0 Å². The van der Waals surface area contributed by atoms with Gasteiger partial charge in [0.2, 0.25) is 5.91 Å². The SMILES string of the molecule is CC1Oc2ccc(C(=O)O)cc2N(C(C)C(=O)Nc2cc(Cl)cc(Cl)c2)C1=O. The van der Waals surface area contributed by atoms with Crippen molar-refractivity contribution in [1.82, 2.24) is 0 Å². The normalized spacial score (nSPS) is 16.8. The quantitative estimate of drug-likeness (QED) is 0.780. The first-order chi connectivity index (χ1) is 13.2. The van der Waals surface area contributed by atoms with Crippen molar-refractivity contribution in [3.8, 4) is 5.75 Å². The third-order valence-electron chi connectivity index (χ3n) is 4.25. The van der Waals surface area contributed by atoms with Crippen LogP contribution in [0.15, 0.2) is 36.4 Å². The molecule has 2 aromatic carbocycles. The highest BCUT2D eigenvalue weighted by Gasteiger charge is 2.37. The summed E-state index contributed by atoms with van der Waals surface area (Å²) >= 11 is 11.9. The minimum Gasteiger partial charge on any atom is -0.479 e. The van der Waals surface area contributed by atoms with Crippen LogP contribution in [-0.4, -0.2) is 35.0 Å². The lowest BCUT2D eigenvalue weighted by molar-refractivity contribution is -0.128. The van der Waals surface area contributed by atoms with Crippen molar-refractivity contribution in [2.45, 2.75) is 26.0 Å². The smallest absolute Gasteiger partial charge is 0.335 e. The van der Waals surface area contributed by atoms with Gasteiger partial charge in [-0.05, 0) is 50.2 Å². The summed E-state index contributed by atoms with van der Waals surface area (Å²) in [5.41, 5.74) is 0.571. The Balaban J connectivity index is 1.94. The second kappa shape index (κ2) is 7.69. The fourth-order valence-electron chi connectivity index (χ4n) is 2.88. The minimum absolute atomic E-state index is 0.0241. The van der Waals surface area contributed by atoms with E-state index < -0.39 is 29.9 Å². The molecule has 9 heteroatoms. The van der Waals surface area contributed by atoms with E-state index in [1.165, 1.54) is 48.2 Å². The molecule has 0 saturated heterocycles. The Hall–Kier alpha value is -2.77. The first-order valence-electron chi connectivity index (χ1n) is 8.31. The number of ether oxygens (including phenoxy) is 1. The number of nitrogens with zero attached hydrogens (tertiary/aromatic N) is 1. The van der Waals surface area contributed by atoms with Crippen LogP contribution in [0.5, 0.6) is 5.75 Å². The van der Waals surface area contributed by atoms with Gasteiger partial charge >= 0.3 is 5.97 Å². The van der Waals surface area contributed by atoms with E-state index in [1.807, 2.05) is 0 Å². The zero-order valence-corrected chi connectivity index (χ0v) is 16.4. The predicted molar refractivity (Wildman–Crippen MR) is 106 cm³/mol. The van der Waals surface area contributed by atoms with Crippen molar-refractivity contribution in [2.24, 2.45) is 0 Å². The van der Waals surface area contributed by atoms with Gasteiger partial charge in [0.05, 0.1) is 11.3 Å². The summed E-state index contributed by atoms with van der Waals surface area (Å²) in [5, 5.41) is 12.6. The minimum atomic E-state index is -1.15. The zero-order valence-electron chi connectivity index (χ0n) is 14.9. The predicted octanol–water partition coefficient (Wildman–Crippen LogP) is 3.83. The third-order valence-corrected chi connectivity index (χ3v) is 4.69. The Bertz CT molecular complexity index is 959. The van der Waals surface area contributed by atoms with E-state index in [9.17, 15) is 19.5 Å². The maximum atomic E-state index is 12.8. The number of anilines is 2. The highest BCUT2D eigenvalue weighted by Crippen LogP contribution is 2.36. The monoisotopic (exact) mass is 422 g/mol. The molecular formula is C19H16Cl2N2O5. The van der Waals surface area contributed by atoms with Gasteiger partial charge in [0.25, 0.3) is 5.91 Å². The summed E-state index contributed by atoms with van der Waals surface area (Å²) in [6, 6.07) is 7.78. The molecule has 1 aliphatic rings. The number of fused-ring (bicyclic) bond motifs is 1. The van der Waals surface area contributed by atoms with Crippen LogP contribution in [-0.2, 0) is 9.59 Å². The lowest BCUT2D eigenvalue weighted by Crippen LogP contribution is -2.52. The van der Waals surface area contributed by atoms with Crippen molar-refractivity contribution < 1.29 is 24.2 Å². The summed E-state index contributed by atoms with van der Waals surface area (Å²) in [6.45, 7) is 3.10. The van der Waals surface area contributed by atoms with Crippen molar-refractivity contribution in [3.05, 3.63) is 52.0 Å². The van der Waals surface area contributed by atoms with E-state index >= 15 is 0 Å². The molecule has 146 valence electrons. The summed E-state index contributed by atoms with van der Waals surface area (Å²) in [6.07, 6.45) is -0.820. The van der Waals surface area contributed by atoms with E-state index in [0.717, 1.165) is 0 Å². The molecule has 1 heterocycles. The molecule has 1 aliphatic heterocycles. The lowest BCUT2D eigenvalue weighted by atomic mass is 10.1. The third kappa shape index (κ3) is 3.90. The van der Waals surface area contributed by atoms with Gasteiger partial charge in [0, 0.05) is 15.7 Å². The van der Waals surface area contributed by atoms with E-state index in [1.54, 1.807) is 6.92 Å². The number of carboxylic acid groups (broad SMARTS) is 1. The molecule has 0 spiro atoms. The molecule has 0 aromatic heterocycles. The van der Waals surface area contributed by atoms with Crippen LogP contribution < -0.4 is 15.0 Å². The molecule has 7 nitrogen and oxygen atoms in total. The van der Waals surface area contributed by atoms with Crippen LogP contribution in [0.4, 0.5) is 11.4 Å². The van der Waals surface area contributed by atoms with Crippen LogP contribution in [0.25, 0.3) is 0 Å². The van der Waals surface area contributed by atoms with E-state index in [-0.39, 0.29) is 11.3 Å². The molecule has 2 unspecified atom stereocenters. The molecule has 0 saturated carbocycles. The average Bonchev–Trinajstić information content (AvgIpc) is 2.61. The number of benzene rings is 2. The number of carboxylic acids is 1. The number of aromatic carboxylic acids is 1. The molecule has 0 fully saturated rings. The molecule has 0 bridgehead atoms. The average molecular weight is 423 g/mol. The van der Waals surface area contributed by atoms with Crippen LogP contribution >= 0.6 is 23.2 Å². The van der Waals surface area contributed by atoms with Gasteiger partial charge in [0.15, 0.2) is 6.10 Å². The van der Waals surface area contributed by atoms with Gasteiger partial charge in [-0.1, -0.05) is 23.2 Å². The molecule has 0 aliphatic carbocycles. The van der Waals surface area contributed by atoms with Crippen molar-refractivity contribution >= 4 is 52.4 Å². The Labute approximate surface area is 170 Å². The van der Waals surface area contributed by atoms with Crippen LogP contribution in [0.2, 0.25) is 10.0 Å². The van der Waals surface area contributed by atoms with Crippen LogP contribution in [0.3, 0.4) is 0 Å². The van der Waals surface area contributed by atoms with Crippen molar-refractivity contribution in [1.29, 1.82) is 0 Å². The first-order valence-corrected chi connectivity index (χ1v) is 9.07. The highest BCUT2D eigenvalue weighted by atomic mass is 35.5. The molecule has 0 radical (unpaired) electrons. The summed E-state index contributed by atoms with van der Waals surface area (Å²) in [5.74, 6) is -1.78. The second-order valence-corrected chi connectivity index (χ2v) is 7.15. The van der Waals surface area contributed by atoms with Gasteiger partial charge in [0.1, 0.15) is 11.8 Å². The zero-order chi connectivity index (χ0) is 20.6. The number of hydrogen-bond acceptors (Lipinski definition) is 4. The lowest BCUT2D eigenvalue weighted by Gasteiger charge is -2.36. The fourth-order valence-corrected chi connectivity index (χ4v) is 3.41. The number of amides is 2. The number of carbonyl (C=O) groups is 3. The number of halogens is 2. The van der Waals surface area contributed by atoms with Crippen molar-refractivity contribution in [2.75, 3.05) is 10.2 Å². The first kappa shape index (κ1) is 20.0. The molecule has 2 aromatic rings. The second-order valence-electron chi connectivity index (χ2n) is 6.28. The summed E-state index contributed by atoms with van der Waals surface area (Å²) in [4.78, 5) is 38.0. The van der Waals surface area contributed by atoms with Crippen LogP contribution in [0.1, 0.15) is 24.2 Å². The Kier molecular flexibility index (Phi) is 5.49. The topological polar surface area (TPSA) is 95.9 Å². The molecule has 2 amide bonds. The van der Waals surface area contributed by atoms with Gasteiger partial charge < -0.3 is 15.2 Å². The summed E-state index contributed by atoms with van der Waals surface area (Å²) in [7, 11) is 0. The van der Waals surface area contributed by atoms with Gasteiger partial charge in [-0.25, -0.2) is 4.79 Å². The van der Waals surface area contributed by atoms with E-state index in [4.69, 9.17) is 27.9 Å². The largest absolute Gasteiger partial charge is 0.479 e. The van der Waals surface area contributed by atoms with Gasteiger partial charge in [-0.2, -0.15) is 0 Å². The molecule has 2 N–H and O–H groups in total. The Morgan fingerprint density at radius 2 is 1.82 bits per heavy atom. The maximum absolute atomic E-state index is 12.8. The van der Waals surface area contributed by atoms with Gasteiger partial charge in [-0.3, -0.25) is 14.5 Å². The standard InChI is InChI=1S/C19H16Cl2N2O5/c1-9(17(24)22-14-7-12(20)6-13(21)8-14)23-15-5-11(19(26)27)3-4-16(15)28-10(2)18(23)25/h3-10H,1-2H3,(H,22,24)(H,26,27). The number of carbonyl (C=O) groups excluding carboxylic acids is 2. The van der Waals surface area contributed by atoms with Crippen LogP contribution in [0, 0.1) is 0 Å². The number of hydrogen-bond donors (Lipinski definition) is 2. The number of rotatable bonds is 4. The molecule has 28 heavy (non-hydrogen) atoms. The number of nitrogens with one attached hydrogen (secondary N) is 1. The van der Waals surface area contributed by atoms with E-state index in [2.05, 4.69) is 5.32 Å². The Morgan fingerprint density at radius 1 is 1.18 bits per heavy atom. The fraction of sp³-hybridized carbons (Fsp3) is 0.211. The maximum Gasteiger partial charge on any atom is 0.335 e. The Morgan fingerprint density at radius 3 is 2.43 bits per heavy atom. The summed E-state index contributed by atoms with van der Waals surface area (Å²) < 4.78 is 5.54. The highest BCUT2D eigenvalue weighted by molar-refractivity contribution is 6.35.